The van der Waals surface area contributed by atoms with Crippen LogP contribution >= 0.6 is 0 Å². The summed E-state index contributed by atoms with van der Waals surface area (Å²) in [6, 6.07) is 9.14. The molecule has 0 bridgehead atoms. The van der Waals surface area contributed by atoms with Gasteiger partial charge in [0.05, 0.1) is 5.57 Å². The lowest BCUT2D eigenvalue weighted by Crippen LogP contribution is -1.98. The number of hydrogen-bond donors (Lipinski definition) is 1. The maximum atomic E-state index is 11.2. The third-order valence-corrected chi connectivity index (χ3v) is 1.78. The van der Waals surface area contributed by atoms with Crippen LogP contribution in [0.5, 0.6) is 0 Å². The molecule has 2 heteroatoms. The van der Waals surface area contributed by atoms with Crippen LogP contribution in [0.25, 0.3) is 5.57 Å². The molecule has 1 rings (SSSR count). The number of allylic oxidation sites excluding steroid dienone is 2. The maximum absolute atomic E-state index is 11.2. The quantitative estimate of drug-likeness (QED) is 0.555. The lowest BCUT2D eigenvalue weighted by atomic mass is 10.0. The van der Waals surface area contributed by atoms with Crippen molar-refractivity contribution < 1.29 is 9.90 Å². The number of hydrogen-bond acceptors (Lipinski definition) is 2. The van der Waals surface area contributed by atoms with Crippen molar-refractivity contribution in [3.05, 3.63) is 41.7 Å². The van der Waals surface area contributed by atoms with E-state index in [9.17, 15) is 9.90 Å². The van der Waals surface area contributed by atoms with Gasteiger partial charge in [-0.15, -0.1) is 0 Å². The minimum absolute atomic E-state index is 0.0682. The Balaban J connectivity index is 3.20. The number of aliphatic hydroxyl groups is 1. The summed E-state index contributed by atoms with van der Waals surface area (Å²) >= 11 is 0. The van der Waals surface area contributed by atoms with Gasteiger partial charge in [-0.25, -0.2) is 0 Å². The second-order valence-electron chi connectivity index (χ2n) is 2.88. The minimum Gasteiger partial charge on any atom is -0.512 e. The first kappa shape index (κ1) is 9.52. The highest BCUT2D eigenvalue weighted by molar-refractivity contribution is 6.19. The van der Waals surface area contributed by atoms with Crippen LogP contribution in [0, 0.1) is 0 Å². The normalized spacial score (nSPS) is 12.2. The topological polar surface area (TPSA) is 37.3 Å². The summed E-state index contributed by atoms with van der Waals surface area (Å²) < 4.78 is 0. The molecular formula is C11H12O2. The Labute approximate surface area is 77.5 Å². The third-order valence-electron chi connectivity index (χ3n) is 1.78. The van der Waals surface area contributed by atoms with E-state index in [4.69, 9.17) is 0 Å². The van der Waals surface area contributed by atoms with Crippen LogP contribution in [-0.2, 0) is 4.79 Å². The van der Waals surface area contributed by atoms with Crippen LogP contribution < -0.4 is 0 Å². The van der Waals surface area contributed by atoms with Crippen molar-refractivity contribution in [3.63, 3.8) is 0 Å². The Kier molecular flexibility index (Phi) is 2.85. The van der Waals surface area contributed by atoms with Crippen molar-refractivity contribution in [1.82, 2.24) is 0 Å². The first-order chi connectivity index (χ1) is 6.13. The number of benzene rings is 1. The zero-order chi connectivity index (χ0) is 9.84. The van der Waals surface area contributed by atoms with Gasteiger partial charge in [0.15, 0.2) is 5.78 Å². The van der Waals surface area contributed by atoms with Crippen molar-refractivity contribution >= 4 is 11.4 Å². The van der Waals surface area contributed by atoms with Gasteiger partial charge in [-0.05, 0) is 19.4 Å². The number of Topliss-reactive ketones (excluding diaryl/α,β-unsaturated/α-hetero) is 1. The Bertz CT molecular complexity index is 332. The van der Waals surface area contributed by atoms with Crippen LogP contribution in [0.2, 0.25) is 0 Å². The second-order valence-corrected chi connectivity index (χ2v) is 2.88. The van der Waals surface area contributed by atoms with Gasteiger partial charge in [0.25, 0.3) is 0 Å². The summed E-state index contributed by atoms with van der Waals surface area (Å²) in [5, 5.41) is 9.29. The van der Waals surface area contributed by atoms with Crippen LogP contribution in [-0.4, -0.2) is 10.9 Å². The summed E-state index contributed by atoms with van der Waals surface area (Å²) in [5.41, 5.74) is 1.15. The highest BCUT2D eigenvalue weighted by atomic mass is 16.3. The Hall–Kier alpha value is -1.57. The molecular weight excluding hydrogens is 164 g/mol. The first-order valence-electron chi connectivity index (χ1n) is 4.09. The summed E-state index contributed by atoms with van der Waals surface area (Å²) in [4.78, 5) is 11.2. The Morgan fingerprint density at radius 3 is 2.08 bits per heavy atom. The fraction of sp³-hybridized carbons (Fsp3) is 0.182. The average molecular weight is 176 g/mol. The molecule has 0 fully saturated rings. The molecule has 0 aliphatic carbocycles. The van der Waals surface area contributed by atoms with Crippen molar-refractivity contribution in [1.29, 1.82) is 0 Å². The van der Waals surface area contributed by atoms with E-state index < -0.39 is 0 Å². The number of aliphatic hydroxyl groups excluding tert-OH is 1. The zero-order valence-corrected chi connectivity index (χ0v) is 7.74. The van der Waals surface area contributed by atoms with Gasteiger partial charge >= 0.3 is 0 Å². The summed E-state index contributed by atoms with van der Waals surface area (Å²) in [6.07, 6.45) is 0. The van der Waals surface area contributed by atoms with Gasteiger partial charge < -0.3 is 5.11 Å². The van der Waals surface area contributed by atoms with Gasteiger partial charge in [-0.2, -0.15) is 0 Å². The molecule has 0 spiro atoms. The van der Waals surface area contributed by atoms with Gasteiger partial charge in [0.1, 0.15) is 5.76 Å². The predicted molar refractivity (Wildman–Crippen MR) is 52.3 cm³/mol. The molecule has 1 aromatic rings. The summed E-state index contributed by atoms with van der Waals surface area (Å²) in [7, 11) is 0. The van der Waals surface area contributed by atoms with Gasteiger partial charge in [-0.3, -0.25) is 4.79 Å². The second kappa shape index (κ2) is 3.90. The van der Waals surface area contributed by atoms with E-state index in [0.717, 1.165) is 5.56 Å². The molecule has 0 atom stereocenters. The molecule has 13 heavy (non-hydrogen) atoms. The van der Waals surface area contributed by atoms with Crippen LogP contribution in [0.4, 0.5) is 0 Å². The van der Waals surface area contributed by atoms with Gasteiger partial charge in [0.2, 0.25) is 0 Å². The van der Waals surface area contributed by atoms with E-state index in [1.807, 2.05) is 18.2 Å². The smallest absolute Gasteiger partial charge is 0.163 e. The molecule has 0 saturated heterocycles. The van der Waals surface area contributed by atoms with Crippen molar-refractivity contribution in [2.75, 3.05) is 0 Å². The summed E-state index contributed by atoms with van der Waals surface area (Å²) in [6.45, 7) is 2.96. The molecule has 68 valence electrons. The molecule has 0 aromatic heterocycles. The minimum atomic E-state index is -0.119. The lowest BCUT2D eigenvalue weighted by molar-refractivity contribution is -0.111. The molecule has 0 heterocycles. The largest absolute Gasteiger partial charge is 0.512 e. The molecule has 0 unspecified atom stereocenters. The SMILES string of the molecule is CC(=O)C(=C(C)O)c1ccccc1. The van der Waals surface area contributed by atoms with E-state index >= 15 is 0 Å². The molecule has 1 aromatic carbocycles. The van der Waals surface area contributed by atoms with Crippen molar-refractivity contribution in [3.8, 4) is 0 Å². The Morgan fingerprint density at radius 2 is 1.69 bits per heavy atom. The fourth-order valence-corrected chi connectivity index (χ4v) is 1.27. The average Bonchev–Trinajstić information content (AvgIpc) is 2.04. The van der Waals surface area contributed by atoms with E-state index in [0.29, 0.717) is 5.57 Å². The fourth-order valence-electron chi connectivity index (χ4n) is 1.27. The van der Waals surface area contributed by atoms with E-state index in [2.05, 4.69) is 0 Å². The Morgan fingerprint density at radius 1 is 1.15 bits per heavy atom. The number of carbonyl (C=O) groups is 1. The first-order valence-corrected chi connectivity index (χ1v) is 4.09. The molecule has 1 N–H and O–H groups in total. The highest BCUT2D eigenvalue weighted by Gasteiger charge is 2.09. The zero-order valence-electron chi connectivity index (χ0n) is 7.74. The number of carbonyl (C=O) groups excluding carboxylic acids is 1. The number of ketones is 1. The van der Waals surface area contributed by atoms with Crippen LogP contribution in [0.15, 0.2) is 36.1 Å². The molecule has 0 aliphatic heterocycles. The van der Waals surface area contributed by atoms with E-state index in [-0.39, 0.29) is 11.5 Å². The predicted octanol–water partition coefficient (Wildman–Crippen LogP) is 2.56. The van der Waals surface area contributed by atoms with Crippen LogP contribution in [0.3, 0.4) is 0 Å². The maximum Gasteiger partial charge on any atom is 0.163 e. The van der Waals surface area contributed by atoms with Crippen molar-refractivity contribution in [2.24, 2.45) is 0 Å². The molecule has 0 saturated carbocycles. The molecule has 0 radical (unpaired) electrons. The van der Waals surface area contributed by atoms with E-state index in [1.165, 1.54) is 13.8 Å². The van der Waals surface area contributed by atoms with Crippen molar-refractivity contribution in [2.45, 2.75) is 13.8 Å². The third kappa shape index (κ3) is 2.18. The molecule has 0 aliphatic rings. The van der Waals surface area contributed by atoms with Crippen LogP contribution in [0.1, 0.15) is 19.4 Å². The highest BCUT2D eigenvalue weighted by Crippen LogP contribution is 2.17. The standard InChI is InChI=1S/C11H12O2/c1-8(12)11(9(2)13)10-6-4-3-5-7-10/h3-7,12H,1-2H3. The van der Waals surface area contributed by atoms with Gasteiger partial charge in [0, 0.05) is 0 Å². The lowest BCUT2D eigenvalue weighted by Gasteiger charge is -2.04. The van der Waals surface area contributed by atoms with Gasteiger partial charge in [-0.1, -0.05) is 30.3 Å². The molecule has 2 nitrogen and oxygen atoms in total. The number of rotatable bonds is 2. The molecule has 0 amide bonds. The monoisotopic (exact) mass is 176 g/mol. The summed E-state index contributed by atoms with van der Waals surface area (Å²) in [5.74, 6) is -0.0510. The van der Waals surface area contributed by atoms with E-state index in [1.54, 1.807) is 12.1 Å².